The highest BCUT2D eigenvalue weighted by atomic mass is 16.2. The molecule has 0 spiro atoms. The molecule has 0 aliphatic carbocycles. The number of aryl methyl sites for hydroxylation is 1. The summed E-state index contributed by atoms with van der Waals surface area (Å²) in [5.41, 5.74) is 2.53. The first-order chi connectivity index (χ1) is 9.10. The van der Waals surface area contributed by atoms with Crippen LogP contribution in [-0.2, 0) is 4.79 Å². The Bertz CT molecular complexity index is 503. The molecule has 1 aliphatic heterocycles. The summed E-state index contributed by atoms with van der Waals surface area (Å²) < 4.78 is 0. The zero-order chi connectivity index (χ0) is 14.0. The standard InChI is InChI=1S/C16H21NO2/c1-4-12(5-2)16(19)17-10-9-14(18)13-8-6-7-11(3)15(13)17/h6-8,12H,4-5,9-10H2,1-3H3. The number of benzene rings is 1. The highest BCUT2D eigenvalue weighted by Crippen LogP contribution is 2.32. The predicted octanol–water partition coefficient (Wildman–Crippen LogP) is 3.35. The van der Waals surface area contributed by atoms with E-state index in [1.165, 1.54) is 0 Å². The van der Waals surface area contributed by atoms with Crippen molar-refractivity contribution >= 4 is 17.4 Å². The minimum Gasteiger partial charge on any atom is -0.311 e. The zero-order valence-corrected chi connectivity index (χ0v) is 11.9. The average Bonchev–Trinajstić information content (AvgIpc) is 2.41. The van der Waals surface area contributed by atoms with Gasteiger partial charge in [-0.25, -0.2) is 0 Å². The Labute approximate surface area is 114 Å². The first-order valence-electron chi connectivity index (χ1n) is 7.04. The Kier molecular flexibility index (Phi) is 4.03. The SMILES string of the molecule is CCC(CC)C(=O)N1CCC(=O)c2cccc(C)c21. The van der Waals surface area contributed by atoms with Crippen molar-refractivity contribution in [1.82, 2.24) is 0 Å². The quantitative estimate of drug-likeness (QED) is 0.834. The second-order valence-corrected chi connectivity index (χ2v) is 5.15. The van der Waals surface area contributed by atoms with Gasteiger partial charge in [-0.3, -0.25) is 9.59 Å². The van der Waals surface area contributed by atoms with Gasteiger partial charge in [0.05, 0.1) is 5.69 Å². The lowest BCUT2D eigenvalue weighted by molar-refractivity contribution is -0.122. The summed E-state index contributed by atoms with van der Waals surface area (Å²) in [6.07, 6.45) is 2.13. The molecule has 3 heteroatoms. The number of nitrogens with zero attached hydrogens (tertiary/aromatic N) is 1. The summed E-state index contributed by atoms with van der Waals surface area (Å²) in [6, 6.07) is 5.68. The topological polar surface area (TPSA) is 37.4 Å². The second-order valence-electron chi connectivity index (χ2n) is 5.15. The highest BCUT2D eigenvalue weighted by molar-refractivity contribution is 6.09. The number of fused-ring (bicyclic) bond motifs is 1. The van der Waals surface area contributed by atoms with Crippen molar-refractivity contribution in [2.24, 2.45) is 5.92 Å². The number of para-hydroxylation sites is 1. The Balaban J connectivity index is 2.43. The van der Waals surface area contributed by atoms with Gasteiger partial charge in [0.2, 0.25) is 5.91 Å². The van der Waals surface area contributed by atoms with Gasteiger partial charge < -0.3 is 4.90 Å². The van der Waals surface area contributed by atoms with E-state index in [2.05, 4.69) is 0 Å². The number of ketones is 1. The molecule has 0 aromatic heterocycles. The minimum absolute atomic E-state index is 0.0562. The maximum Gasteiger partial charge on any atom is 0.230 e. The Morgan fingerprint density at radius 1 is 1.32 bits per heavy atom. The number of amides is 1. The minimum atomic E-state index is 0.0562. The molecule has 2 rings (SSSR count). The van der Waals surface area contributed by atoms with Crippen LogP contribution in [0.1, 0.15) is 49.0 Å². The monoisotopic (exact) mass is 259 g/mol. The summed E-state index contributed by atoms with van der Waals surface area (Å²) in [6.45, 7) is 6.57. The fourth-order valence-corrected chi connectivity index (χ4v) is 2.78. The number of carbonyl (C=O) groups excluding carboxylic acids is 2. The lowest BCUT2D eigenvalue weighted by Gasteiger charge is -2.32. The van der Waals surface area contributed by atoms with Gasteiger partial charge in [-0.1, -0.05) is 26.0 Å². The molecule has 1 aromatic carbocycles. The molecule has 1 aliphatic rings. The van der Waals surface area contributed by atoms with Gasteiger partial charge in [-0.05, 0) is 31.4 Å². The van der Waals surface area contributed by atoms with E-state index in [0.717, 1.165) is 24.1 Å². The summed E-state index contributed by atoms with van der Waals surface area (Å²) in [5, 5.41) is 0. The molecule has 0 saturated carbocycles. The van der Waals surface area contributed by atoms with Crippen LogP contribution in [0.25, 0.3) is 0 Å². The zero-order valence-electron chi connectivity index (χ0n) is 11.9. The molecule has 1 aromatic rings. The van der Waals surface area contributed by atoms with Gasteiger partial charge in [-0.15, -0.1) is 0 Å². The Morgan fingerprint density at radius 3 is 2.63 bits per heavy atom. The first kappa shape index (κ1) is 13.8. The third-order valence-electron chi connectivity index (χ3n) is 3.97. The van der Waals surface area contributed by atoms with E-state index >= 15 is 0 Å². The lowest BCUT2D eigenvalue weighted by Crippen LogP contribution is -2.41. The van der Waals surface area contributed by atoms with Crippen molar-refractivity contribution < 1.29 is 9.59 Å². The summed E-state index contributed by atoms with van der Waals surface area (Å²) in [5.74, 6) is 0.362. The van der Waals surface area contributed by atoms with Crippen LogP contribution in [0.2, 0.25) is 0 Å². The third-order valence-corrected chi connectivity index (χ3v) is 3.97. The molecule has 0 unspecified atom stereocenters. The largest absolute Gasteiger partial charge is 0.311 e. The van der Waals surface area contributed by atoms with Gasteiger partial charge in [0.15, 0.2) is 5.78 Å². The Hall–Kier alpha value is -1.64. The van der Waals surface area contributed by atoms with Gasteiger partial charge in [0.25, 0.3) is 0 Å². The smallest absolute Gasteiger partial charge is 0.230 e. The van der Waals surface area contributed by atoms with Crippen molar-refractivity contribution in [3.05, 3.63) is 29.3 Å². The molecule has 0 atom stereocenters. The number of Topliss-reactive ketones (excluding diaryl/α,β-unsaturated/α-hetero) is 1. The normalized spacial score (nSPS) is 14.7. The molecule has 0 radical (unpaired) electrons. The lowest BCUT2D eigenvalue weighted by atomic mass is 9.94. The highest BCUT2D eigenvalue weighted by Gasteiger charge is 2.31. The van der Waals surface area contributed by atoms with Crippen LogP contribution in [0.5, 0.6) is 0 Å². The van der Waals surface area contributed by atoms with E-state index < -0.39 is 0 Å². The van der Waals surface area contributed by atoms with Crippen LogP contribution in [0.3, 0.4) is 0 Å². The molecule has 0 bridgehead atoms. The molecule has 0 N–H and O–H groups in total. The molecular weight excluding hydrogens is 238 g/mol. The second kappa shape index (κ2) is 5.55. The fraction of sp³-hybridized carbons (Fsp3) is 0.500. The summed E-state index contributed by atoms with van der Waals surface area (Å²) in [7, 11) is 0. The maximum absolute atomic E-state index is 12.6. The van der Waals surface area contributed by atoms with Crippen LogP contribution < -0.4 is 4.90 Å². The molecule has 0 saturated heterocycles. The van der Waals surface area contributed by atoms with E-state index in [4.69, 9.17) is 0 Å². The van der Waals surface area contributed by atoms with Gasteiger partial charge in [-0.2, -0.15) is 0 Å². The summed E-state index contributed by atoms with van der Waals surface area (Å²) >= 11 is 0. The van der Waals surface area contributed by atoms with E-state index in [1.807, 2.05) is 43.9 Å². The number of anilines is 1. The molecule has 1 heterocycles. The molecular formula is C16H21NO2. The van der Waals surface area contributed by atoms with Crippen LogP contribution in [0.4, 0.5) is 5.69 Å². The average molecular weight is 259 g/mol. The number of rotatable bonds is 3. The van der Waals surface area contributed by atoms with Gasteiger partial charge in [0, 0.05) is 24.4 Å². The van der Waals surface area contributed by atoms with Crippen molar-refractivity contribution in [3.8, 4) is 0 Å². The Morgan fingerprint density at radius 2 is 2.00 bits per heavy atom. The van der Waals surface area contributed by atoms with Crippen molar-refractivity contribution in [1.29, 1.82) is 0 Å². The van der Waals surface area contributed by atoms with E-state index in [9.17, 15) is 9.59 Å². The van der Waals surface area contributed by atoms with E-state index in [0.29, 0.717) is 18.5 Å². The van der Waals surface area contributed by atoms with Crippen LogP contribution in [0.15, 0.2) is 18.2 Å². The van der Waals surface area contributed by atoms with Crippen LogP contribution >= 0.6 is 0 Å². The predicted molar refractivity (Wildman–Crippen MR) is 76.6 cm³/mol. The first-order valence-corrected chi connectivity index (χ1v) is 7.04. The van der Waals surface area contributed by atoms with Gasteiger partial charge >= 0.3 is 0 Å². The number of hydrogen-bond donors (Lipinski definition) is 0. The van der Waals surface area contributed by atoms with Gasteiger partial charge in [0.1, 0.15) is 0 Å². The summed E-state index contributed by atoms with van der Waals surface area (Å²) in [4.78, 5) is 26.4. The van der Waals surface area contributed by atoms with Crippen molar-refractivity contribution in [2.45, 2.75) is 40.0 Å². The van der Waals surface area contributed by atoms with E-state index in [1.54, 1.807) is 0 Å². The molecule has 102 valence electrons. The van der Waals surface area contributed by atoms with Crippen molar-refractivity contribution in [3.63, 3.8) is 0 Å². The number of carbonyl (C=O) groups is 2. The molecule has 19 heavy (non-hydrogen) atoms. The van der Waals surface area contributed by atoms with Crippen molar-refractivity contribution in [2.75, 3.05) is 11.4 Å². The van der Waals surface area contributed by atoms with E-state index in [-0.39, 0.29) is 17.6 Å². The molecule has 3 nitrogen and oxygen atoms in total. The number of hydrogen-bond acceptors (Lipinski definition) is 2. The molecule has 0 fully saturated rings. The van der Waals surface area contributed by atoms with Crippen LogP contribution in [0, 0.1) is 12.8 Å². The molecule has 1 amide bonds. The fourth-order valence-electron chi connectivity index (χ4n) is 2.78. The maximum atomic E-state index is 12.6. The van der Waals surface area contributed by atoms with Crippen LogP contribution in [-0.4, -0.2) is 18.2 Å². The third kappa shape index (κ3) is 2.42.